The van der Waals surface area contributed by atoms with E-state index in [1.807, 2.05) is 13.0 Å². The molecule has 0 heterocycles. The maximum absolute atomic E-state index is 10.9. The molecule has 0 saturated heterocycles. The first-order chi connectivity index (χ1) is 11.3. The summed E-state index contributed by atoms with van der Waals surface area (Å²) in [6.45, 7) is 3.38. The molecule has 0 aliphatic carbocycles. The maximum atomic E-state index is 10.9. The number of nitrogens with zero attached hydrogens (tertiary/aromatic N) is 1. The molecular formula is C17H30NO6+. The van der Waals surface area contributed by atoms with Crippen LogP contribution < -0.4 is 0 Å². The zero-order chi connectivity index (χ0) is 18.4. The molecule has 7 nitrogen and oxygen atoms in total. The van der Waals surface area contributed by atoms with Gasteiger partial charge in [-0.05, 0) is 32.6 Å². The molecular weight excluding hydrogens is 314 g/mol. The number of carboxylic acid groups (broad SMARTS) is 3. The van der Waals surface area contributed by atoms with Gasteiger partial charge in [-0.2, -0.15) is 0 Å². The molecule has 3 N–H and O–H groups in total. The second-order valence-electron chi connectivity index (χ2n) is 6.09. The van der Waals surface area contributed by atoms with E-state index in [-0.39, 0.29) is 43.4 Å². The predicted octanol–water partition coefficient (Wildman–Crippen LogP) is 2.36. The van der Waals surface area contributed by atoms with Crippen LogP contribution in [0.1, 0.15) is 51.9 Å². The third-order valence-corrected chi connectivity index (χ3v) is 4.14. The van der Waals surface area contributed by atoms with Gasteiger partial charge in [-0.25, -0.2) is 0 Å². The van der Waals surface area contributed by atoms with Gasteiger partial charge in [-0.3, -0.25) is 14.4 Å². The molecule has 0 atom stereocenters. The standard InChI is InChI=1S/C17H29NO6/c1-2-3-4-5-6-7-11-18(12-8-15(19)20,13-9-16(21)22)14-10-17(23)24/h2-3H,4-14H2,1H3,(H2-,19,20,21,22,23,24)/p+1/b3-2+. The molecule has 24 heavy (non-hydrogen) atoms. The van der Waals surface area contributed by atoms with Crippen LogP contribution in [-0.2, 0) is 14.4 Å². The molecule has 0 fully saturated rings. The van der Waals surface area contributed by atoms with E-state index in [1.165, 1.54) is 0 Å². The topological polar surface area (TPSA) is 112 Å². The van der Waals surface area contributed by atoms with E-state index in [2.05, 4.69) is 6.08 Å². The van der Waals surface area contributed by atoms with Crippen LogP contribution in [0.25, 0.3) is 0 Å². The first-order valence-corrected chi connectivity index (χ1v) is 8.43. The number of carboxylic acids is 3. The van der Waals surface area contributed by atoms with Crippen LogP contribution in [0.4, 0.5) is 0 Å². The smallest absolute Gasteiger partial charge is 0.309 e. The van der Waals surface area contributed by atoms with Gasteiger partial charge >= 0.3 is 17.9 Å². The Labute approximate surface area is 143 Å². The van der Waals surface area contributed by atoms with Gasteiger partial charge in [0, 0.05) is 0 Å². The third kappa shape index (κ3) is 11.6. The largest absolute Gasteiger partial charge is 0.481 e. The fourth-order valence-corrected chi connectivity index (χ4v) is 2.72. The molecule has 0 radical (unpaired) electrons. The monoisotopic (exact) mass is 344 g/mol. The van der Waals surface area contributed by atoms with Gasteiger partial charge in [0.2, 0.25) is 0 Å². The molecule has 0 rings (SSSR count). The number of aliphatic carboxylic acids is 3. The minimum absolute atomic E-state index is 0.0855. The van der Waals surface area contributed by atoms with Gasteiger partial charge in [0.05, 0.1) is 45.4 Å². The number of rotatable bonds is 15. The van der Waals surface area contributed by atoms with Crippen molar-refractivity contribution in [3.8, 4) is 0 Å². The SMILES string of the molecule is C/C=C/CCCCC[N+](CCC(=O)O)(CCC(=O)O)CCC(=O)O. The van der Waals surface area contributed by atoms with Crippen molar-refractivity contribution in [2.45, 2.75) is 51.9 Å². The summed E-state index contributed by atoms with van der Waals surface area (Å²) in [5, 5.41) is 26.9. The Morgan fingerprint density at radius 1 is 0.750 bits per heavy atom. The normalized spacial score (nSPS) is 11.7. The molecule has 0 saturated carbocycles. The minimum Gasteiger partial charge on any atom is -0.481 e. The van der Waals surface area contributed by atoms with Crippen LogP contribution in [-0.4, -0.2) is 63.9 Å². The summed E-state index contributed by atoms with van der Waals surface area (Å²) in [6, 6.07) is 0. The molecule has 0 aliphatic heterocycles. The van der Waals surface area contributed by atoms with E-state index in [9.17, 15) is 14.4 Å². The summed E-state index contributed by atoms with van der Waals surface area (Å²) in [5.74, 6) is -2.84. The Morgan fingerprint density at radius 3 is 1.58 bits per heavy atom. The van der Waals surface area contributed by atoms with E-state index >= 15 is 0 Å². The summed E-state index contributed by atoms with van der Waals surface area (Å²) >= 11 is 0. The maximum Gasteiger partial charge on any atom is 0.309 e. The fourth-order valence-electron chi connectivity index (χ4n) is 2.72. The number of unbranched alkanes of at least 4 members (excludes halogenated alkanes) is 3. The number of carbonyl (C=O) groups is 3. The highest BCUT2D eigenvalue weighted by Gasteiger charge is 2.29. The highest BCUT2D eigenvalue weighted by Crippen LogP contribution is 2.16. The molecule has 0 aromatic rings. The molecule has 0 bridgehead atoms. The summed E-state index contributed by atoms with van der Waals surface area (Å²) in [7, 11) is 0. The Hall–Kier alpha value is -1.89. The Kier molecular flexibility index (Phi) is 11.5. The molecule has 0 aliphatic rings. The van der Waals surface area contributed by atoms with Crippen LogP contribution >= 0.6 is 0 Å². The molecule has 138 valence electrons. The first-order valence-electron chi connectivity index (χ1n) is 8.43. The van der Waals surface area contributed by atoms with Crippen molar-refractivity contribution in [1.29, 1.82) is 0 Å². The summed E-state index contributed by atoms with van der Waals surface area (Å²) in [5.41, 5.74) is 0. The highest BCUT2D eigenvalue weighted by atomic mass is 16.4. The van der Waals surface area contributed by atoms with E-state index in [1.54, 1.807) is 0 Å². The van der Waals surface area contributed by atoms with Gasteiger partial charge in [0.15, 0.2) is 0 Å². The number of hydrogen-bond donors (Lipinski definition) is 3. The fraction of sp³-hybridized carbons (Fsp3) is 0.706. The third-order valence-electron chi connectivity index (χ3n) is 4.14. The lowest BCUT2D eigenvalue weighted by Crippen LogP contribution is -2.52. The van der Waals surface area contributed by atoms with Gasteiger partial charge in [0.25, 0.3) is 0 Å². The molecule has 0 aromatic heterocycles. The molecule has 0 spiro atoms. The quantitative estimate of drug-likeness (QED) is 0.239. The van der Waals surface area contributed by atoms with Crippen molar-refractivity contribution in [2.24, 2.45) is 0 Å². The highest BCUT2D eigenvalue weighted by molar-refractivity contribution is 5.67. The van der Waals surface area contributed by atoms with E-state index in [4.69, 9.17) is 15.3 Å². The zero-order valence-corrected chi connectivity index (χ0v) is 14.4. The lowest BCUT2D eigenvalue weighted by molar-refractivity contribution is -0.927. The van der Waals surface area contributed by atoms with Crippen molar-refractivity contribution >= 4 is 17.9 Å². The average molecular weight is 344 g/mol. The molecule has 0 amide bonds. The Balaban J connectivity index is 4.81. The van der Waals surface area contributed by atoms with Crippen molar-refractivity contribution in [3.05, 3.63) is 12.2 Å². The minimum atomic E-state index is -0.948. The van der Waals surface area contributed by atoms with Gasteiger partial charge in [0.1, 0.15) is 0 Å². The summed E-state index contributed by atoms with van der Waals surface area (Å²) in [6.07, 6.45) is 7.60. The number of hydrogen-bond acceptors (Lipinski definition) is 3. The second-order valence-corrected chi connectivity index (χ2v) is 6.09. The van der Waals surface area contributed by atoms with Crippen molar-refractivity contribution in [2.75, 3.05) is 26.2 Å². The van der Waals surface area contributed by atoms with Crippen molar-refractivity contribution in [1.82, 2.24) is 0 Å². The molecule has 0 unspecified atom stereocenters. The van der Waals surface area contributed by atoms with E-state index in [0.717, 1.165) is 25.7 Å². The number of quaternary nitrogens is 1. The van der Waals surface area contributed by atoms with Gasteiger partial charge in [-0.15, -0.1) is 0 Å². The Bertz CT molecular complexity index is 387. The van der Waals surface area contributed by atoms with Crippen molar-refractivity contribution < 1.29 is 34.2 Å². The van der Waals surface area contributed by atoms with Gasteiger partial charge < -0.3 is 19.8 Å². The average Bonchev–Trinajstić information content (AvgIpc) is 2.51. The van der Waals surface area contributed by atoms with Crippen LogP contribution in [0.2, 0.25) is 0 Å². The summed E-state index contributed by atoms with van der Waals surface area (Å²) < 4.78 is 0.245. The first kappa shape index (κ1) is 22.1. The van der Waals surface area contributed by atoms with Crippen LogP contribution in [0, 0.1) is 0 Å². The van der Waals surface area contributed by atoms with Crippen molar-refractivity contribution in [3.63, 3.8) is 0 Å². The van der Waals surface area contributed by atoms with Gasteiger partial charge in [-0.1, -0.05) is 12.2 Å². The lowest BCUT2D eigenvalue weighted by Gasteiger charge is -2.38. The second kappa shape index (κ2) is 12.5. The predicted molar refractivity (Wildman–Crippen MR) is 89.8 cm³/mol. The molecule has 7 heteroatoms. The van der Waals surface area contributed by atoms with Crippen LogP contribution in [0.3, 0.4) is 0 Å². The van der Waals surface area contributed by atoms with E-state index < -0.39 is 17.9 Å². The Morgan fingerprint density at radius 2 is 1.21 bits per heavy atom. The van der Waals surface area contributed by atoms with Crippen LogP contribution in [0.5, 0.6) is 0 Å². The molecule has 0 aromatic carbocycles. The summed E-state index contributed by atoms with van der Waals surface area (Å²) in [4.78, 5) is 32.8. The number of allylic oxidation sites excluding steroid dienone is 2. The van der Waals surface area contributed by atoms with Crippen LogP contribution in [0.15, 0.2) is 12.2 Å². The van der Waals surface area contributed by atoms with E-state index in [0.29, 0.717) is 6.54 Å². The lowest BCUT2D eigenvalue weighted by atomic mass is 10.1. The zero-order valence-electron chi connectivity index (χ0n) is 14.4.